The molecule has 3 aromatic rings. The van der Waals surface area contributed by atoms with Crippen LogP contribution in [0.5, 0.6) is 0 Å². The molecular weight excluding hydrogens is 364 g/mol. The monoisotopic (exact) mass is 378 g/mol. The Morgan fingerprint density at radius 1 is 1.36 bits per heavy atom. The predicted octanol–water partition coefficient (Wildman–Crippen LogP) is 2.23. The highest BCUT2D eigenvalue weighted by molar-refractivity contribution is 7.98. The molecule has 10 heteroatoms. The number of nitrogens with two attached hydrogens (primary N) is 1. The minimum Gasteiger partial charge on any atom is -0.370 e. The summed E-state index contributed by atoms with van der Waals surface area (Å²) >= 11 is 7.55. The summed E-state index contributed by atoms with van der Waals surface area (Å²) in [4.78, 5) is 15.2. The first kappa shape index (κ1) is 17.4. The van der Waals surface area contributed by atoms with E-state index in [-0.39, 0.29) is 12.3 Å². The molecule has 2 N–H and O–H groups in total. The molecule has 0 spiro atoms. The van der Waals surface area contributed by atoms with Gasteiger partial charge < -0.3 is 14.8 Å². The van der Waals surface area contributed by atoms with Crippen LogP contribution in [0.15, 0.2) is 33.9 Å². The van der Waals surface area contributed by atoms with Gasteiger partial charge in [0.05, 0.1) is 10.8 Å². The van der Waals surface area contributed by atoms with Gasteiger partial charge in [0, 0.05) is 25.5 Å². The van der Waals surface area contributed by atoms with Crippen molar-refractivity contribution in [3.8, 4) is 11.4 Å². The van der Waals surface area contributed by atoms with Crippen LogP contribution in [0.25, 0.3) is 11.4 Å². The molecule has 0 aliphatic carbocycles. The summed E-state index contributed by atoms with van der Waals surface area (Å²) in [5.41, 5.74) is 5.87. The highest BCUT2D eigenvalue weighted by atomic mass is 35.5. The molecule has 0 bridgehead atoms. The predicted molar refractivity (Wildman–Crippen MR) is 92.8 cm³/mol. The van der Waals surface area contributed by atoms with Gasteiger partial charge in [0.15, 0.2) is 5.16 Å². The van der Waals surface area contributed by atoms with Crippen molar-refractivity contribution in [1.29, 1.82) is 0 Å². The Kier molecular flexibility index (Phi) is 5.34. The van der Waals surface area contributed by atoms with Gasteiger partial charge in [-0.3, -0.25) is 4.79 Å². The minimum absolute atomic E-state index is 0.238. The lowest BCUT2D eigenvalue weighted by atomic mass is 10.2. The topological polar surface area (TPSA) is 113 Å². The van der Waals surface area contributed by atoms with E-state index in [0.29, 0.717) is 39.9 Å². The third-order valence-electron chi connectivity index (χ3n) is 3.43. The number of carbonyl (C=O) groups excluding carboxylic acids is 1. The van der Waals surface area contributed by atoms with Gasteiger partial charge in [-0.25, -0.2) is 0 Å². The maximum Gasteiger partial charge on any atom is 0.237 e. The summed E-state index contributed by atoms with van der Waals surface area (Å²) in [5.74, 6) is 1.68. The van der Waals surface area contributed by atoms with Crippen molar-refractivity contribution in [1.82, 2.24) is 24.9 Å². The van der Waals surface area contributed by atoms with E-state index in [1.54, 1.807) is 6.07 Å². The van der Waals surface area contributed by atoms with Gasteiger partial charge in [0.1, 0.15) is 5.82 Å². The quantitative estimate of drug-likeness (QED) is 0.627. The minimum atomic E-state index is -0.366. The van der Waals surface area contributed by atoms with Crippen LogP contribution in [0.2, 0.25) is 5.02 Å². The number of amides is 1. The number of hydrogen-bond donors (Lipinski definition) is 1. The van der Waals surface area contributed by atoms with Gasteiger partial charge >= 0.3 is 0 Å². The first-order chi connectivity index (χ1) is 12.0. The van der Waals surface area contributed by atoms with Crippen LogP contribution in [-0.2, 0) is 24.0 Å². The second-order valence-corrected chi connectivity index (χ2v) is 6.55. The van der Waals surface area contributed by atoms with Crippen molar-refractivity contribution in [2.24, 2.45) is 12.8 Å². The molecule has 0 atom stereocenters. The number of aromatic nitrogens is 5. The molecule has 0 saturated carbocycles. The van der Waals surface area contributed by atoms with Crippen molar-refractivity contribution < 1.29 is 9.32 Å². The molecule has 1 amide bonds. The molecule has 0 aliphatic rings. The SMILES string of the molecule is Cn1c(CCC(N)=O)nnc1SCc1nc(-c2ccccc2Cl)no1. The molecule has 0 saturated heterocycles. The second kappa shape index (κ2) is 7.66. The number of carbonyl (C=O) groups is 1. The highest BCUT2D eigenvalue weighted by Crippen LogP contribution is 2.26. The van der Waals surface area contributed by atoms with Gasteiger partial charge in [0.2, 0.25) is 17.6 Å². The number of nitrogens with zero attached hydrogens (tertiary/aromatic N) is 5. The van der Waals surface area contributed by atoms with Crippen molar-refractivity contribution in [3.05, 3.63) is 41.0 Å². The largest absolute Gasteiger partial charge is 0.370 e. The van der Waals surface area contributed by atoms with Crippen molar-refractivity contribution >= 4 is 29.3 Å². The summed E-state index contributed by atoms with van der Waals surface area (Å²) in [6, 6.07) is 7.30. The van der Waals surface area contributed by atoms with Crippen LogP contribution in [0, 0.1) is 0 Å². The Labute approximate surface area is 152 Å². The first-order valence-electron chi connectivity index (χ1n) is 7.41. The van der Waals surface area contributed by atoms with Gasteiger partial charge in [-0.2, -0.15) is 4.98 Å². The van der Waals surface area contributed by atoms with E-state index in [9.17, 15) is 4.79 Å². The lowest BCUT2D eigenvalue weighted by Crippen LogP contribution is -2.12. The van der Waals surface area contributed by atoms with Gasteiger partial charge in [-0.15, -0.1) is 10.2 Å². The van der Waals surface area contributed by atoms with Crippen molar-refractivity contribution in [3.63, 3.8) is 0 Å². The molecule has 25 heavy (non-hydrogen) atoms. The fraction of sp³-hybridized carbons (Fsp3) is 0.267. The number of halogens is 1. The van der Waals surface area contributed by atoms with Crippen LogP contribution >= 0.6 is 23.4 Å². The highest BCUT2D eigenvalue weighted by Gasteiger charge is 2.14. The zero-order chi connectivity index (χ0) is 17.8. The number of benzene rings is 1. The van der Waals surface area contributed by atoms with Crippen LogP contribution in [0.4, 0.5) is 0 Å². The maximum absolute atomic E-state index is 10.9. The number of primary amides is 1. The van der Waals surface area contributed by atoms with Gasteiger partial charge in [-0.05, 0) is 12.1 Å². The Morgan fingerprint density at radius 3 is 2.92 bits per heavy atom. The standard InChI is InChI=1S/C15H15ClN6O2S/c1-22-12(7-6-11(17)23)19-20-15(22)25-8-13-18-14(21-24-13)9-4-2-3-5-10(9)16/h2-5H,6-8H2,1H3,(H2,17,23). The number of aryl methyl sites for hydroxylation is 1. The van der Waals surface area contributed by atoms with E-state index in [4.69, 9.17) is 21.9 Å². The molecule has 0 aliphatic heterocycles. The first-order valence-corrected chi connectivity index (χ1v) is 8.78. The molecule has 0 fully saturated rings. The summed E-state index contributed by atoms with van der Waals surface area (Å²) in [6.45, 7) is 0. The summed E-state index contributed by atoms with van der Waals surface area (Å²) in [7, 11) is 1.83. The molecule has 0 unspecified atom stereocenters. The van der Waals surface area contributed by atoms with Gasteiger partial charge in [0.25, 0.3) is 0 Å². The molecular formula is C15H15ClN6O2S. The van der Waals surface area contributed by atoms with E-state index in [2.05, 4.69) is 20.3 Å². The number of thioether (sulfide) groups is 1. The molecule has 130 valence electrons. The zero-order valence-electron chi connectivity index (χ0n) is 13.3. The molecule has 2 aromatic heterocycles. The molecule has 0 radical (unpaired) electrons. The fourth-order valence-corrected chi connectivity index (χ4v) is 3.10. The van der Waals surface area contributed by atoms with Crippen LogP contribution in [0.3, 0.4) is 0 Å². The number of rotatable bonds is 7. The van der Waals surface area contributed by atoms with Crippen molar-refractivity contribution in [2.45, 2.75) is 23.8 Å². The average molecular weight is 379 g/mol. The fourth-order valence-electron chi connectivity index (χ4n) is 2.12. The third-order valence-corrected chi connectivity index (χ3v) is 4.76. The van der Waals surface area contributed by atoms with E-state index in [1.165, 1.54) is 11.8 Å². The summed E-state index contributed by atoms with van der Waals surface area (Å²) in [5, 5.41) is 13.4. The Bertz CT molecular complexity index is 894. The van der Waals surface area contributed by atoms with Crippen LogP contribution in [0.1, 0.15) is 18.1 Å². The Morgan fingerprint density at radius 2 is 2.16 bits per heavy atom. The van der Waals surface area contributed by atoms with E-state index in [1.807, 2.05) is 29.8 Å². The van der Waals surface area contributed by atoms with E-state index < -0.39 is 0 Å². The maximum atomic E-state index is 10.9. The lowest BCUT2D eigenvalue weighted by Gasteiger charge is -2.01. The zero-order valence-corrected chi connectivity index (χ0v) is 14.9. The Hall–Kier alpha value is -2.39. The number of hydrogen-bond acceptors (Lipinski definition) is 7. The van der Waals surface area contributed by atoms with E-state index in [0.717, 1.165) is 5.56 Å². The van der Waals surface area contributed by atoms with Gasteiger partial charge in [-0.1, -0.05) is 40.7 Å². The summed E-state index contributed by atoms with van der Waals surface area (Å²) in [6.07, 6.45) is 0.693. The smallest absolute Gasteiger partial charge is 0.237 e. The lowest BCUT2D eigenvalue weighted by molar-refractivity contribution is -0.118. The van der Waals surface area contributed by atoms with Crippen molar-refractivity contribution in [2.75, 3.05) is 0 Å². The molecule has 2 heterocycles. The Balaban J connectivity index is 1.65. The third kappa shape index (κ3) is 4.18. The van der Waals surface area contributed by atoms with E-state index >= 15 is 0 Å². The molecule has 8 nitrogen and oxygen atoms in total. The molecule has 1 aromatic carbocycles. The normalized spacial score (nSPS) is 11.0. The van der Waals surface area contributed by atoms with Crippen LogP contribution in [-0.4, -0.2) is 30.8 Å². The average Bonchev–Trinajstić information content (AvgIpc) is 3.18. The summed E-state index contributed by atoms with van der Waals surface area (Å²) < 4.78 is 7.08. The molecule has 3 rings (SSSR count). The van der Waals surface area contributed by atoms with Crippen LogP contribution < -0.4 is 5.73 Å². The second-order valence-electron chi connectivity index (χ2n) is 5.20.